The summed E-state index contributed by atoms with van der Waals surface area (Å²) in [6, 6.07) is 5.66. The van der Waals surface area contributed by atoms with Crippen molar-refractivity contribution in [2.24, 2.45) is 0 Å². The summed E-state index contributed by atoms with van der Waals surface area (Å²) in [7, 11) is 3.29. The number of ether oxygens (including phenoxy) is 3. The van der Waals surface area contributed by atoms with E-state index in [-0.39, 0.29) is 0 Å². The Labute approximate surface area is 128 Å². The third kappa shape index (κ3) is 4.30. The lowest BCUT2D eigenvalue weighted by Crippen LogP contribution is -1.98. The lowest BCUT2D eigenvalue weighted by atomic mass is 10.3. The van der Waals surface area contributed by atoms with E-state index >= 15 is 0 Å². The minimum atomic E-state index is 0.583. The third-order valence-electron chi connectivity index (χ3n) is 2.71. The second kappa shape index (κ2) is 7.80. The summed E-state index contributed by atoms with van der Waals surface area (Å²) in [5, 5.41) is 3.96. The SMILES string of the molecule is CCOc1cc(Nc2nc(CCOC)ns2)ccc1OC. The smallest absolute Gasteiger partial charge is 0.207 e. The number of hydrogen-bond acceptors (Lipinski definition) is 7. The van der Waals surface area contributed by atoms with Gasteiger partial charge in [0, 0.05) is 36.8 Å². The normalized spacial score (nSPS) is 10.4. The largest absolute Gasteiger partial charge is 0.493 e. The van der Waals surface area contributed by atoms with Gasteiger partial charge < -0.3 is 19.5 Å². The van der Waals surface area contributed by atoms with Crippen LogP contribution in [0.1, 0.15) is 12.7 Å². The van der Waals surface area contributed by atoms with E-state index in [2.05, 4.69) is 14.7 Å². The van der Waals surface area contributed by atoms with Gasteiger partial charge in [-0.1, -0.05) is 0 Å². The molecule has 0 saturated carbocycles. The van der Waals surface area contributed by atoms with Gasteiger partial charge in [0.1, 0.15) is 5.82 Å². The molecular weight excluding hydrogens is 290 g/mol. The molecule has 114 valence electrons. The van der Waals surface area contributed by atoms with E-state index in [0.717, 1.165) is 16.6 Å². The average molecular weight is 309 g/mol. The van der Waals surface area contributed by atoms with Crippen LogP contribution < -0.4 is 14.8 Å². The Bertz CT molecular complexity index is 574. The zero-order valence-electron chi connectivity index (χ0n) is 12.4. The number of anilines is 2. The van der Waals surface area contributed by atoms with E-state index < -0.39 is 0 Å². The molecule has 0 atom stereocenters. The molecule has 0 saturated heterocycles. The quantitative estimate of drug-likeness (QED) is 0.809. The molecule has 0 aliphatic rings. The molecule has 2 aromatic rings. The van der Waals surface area contributed by atoms with E-state index in [1.54, 1.807) is 14.2 Å². The molecule has 0 unspecified atom stereocenters. The highest BCUT2D eigenvalue weighted by Crippen LogP contribution is 2.31. The number of aromatic nitrogens is 2. The van der Waals surface area contributed by atoms with Gasteiger partial charge >= 0.3 is 0 Å². The first-order valence-electron chi connectivity index (χ1n) is 6.66. The predicted molar refractivity (Wildman–Crippen MR) is 82.9 cm³/mol. The number of nitrogens with one attached hydrogen (secondary N) is 1. The Morgan fingerprint density at radius 3 is 2.81 bits per heavy atom. The minimum absolute atomic E-state index is 0.583. The van der Waals surface area contributed by atoms with Crippen molar-refractivity contribution in [3.8, 4) is 11.5 Å². The maximum absolute atomic E-state index is 5.55. The summed E-state index contributed by atoms with van der Waals surface area (Å²) in [6.45, 7) is 3.14. The summed E-state index contributed by atoms with van der Waals surface area (Å²) in [5.74, 6) is 2.19. The number of rotatable bonds is 8. The molecule has 1 N–H and O–H groups in total. The monoisotopic (exact) mass is 309 g/mol. The lowest BCUT2D eigenvalue weighted by Gasteiger charge is -2.11. The molecule has 7 heteroatoms. The Balaban J connectivity index is 2.08. The minimum Gasteiger partial charge on any atom is -0.493 e. The van der Waals surface area contributed by atoms with Gasteiger partial charge in [0.05, 0.1) is 20.3 Å². The summed E-state index contributed by atoms with van der Waals surface area (Å²) >= 11 is 1.32. The molecule has 0 spiro atoms. The van der Waals surface area contributed by atoms with Crippen molar-refractivity contribution < 1.29 is 14.2 Å². The Morgan fingerprint density at radius 2 is 2.10 bits per heavy atom. The Hall–Kier alpha value is -1.86. The van der Waals surface area contributed by atoms with Crippen molar-refractivity contribution >= 4 is 22.4 Å². The van der Waals surface area contributed by atoms with E-state index in [4.69, 9.17) is 14.2 Å². The van der Waals surface area contributed by atoms with Crippen LogP contribution >= 0.6 is 11.5 Å². The fourth-order valence-corrected chi connectivity index (χ4v) is 2.38. The zero-order chi connectivity index (χ0) is 15.1. The molecule has 1 heterocycles. The van der Waals surface area contributed by atoms with E-state index in [9.17, 15) is 0 Å². The number of benzene rings is 1. The fraction of sp³-hybridized carbons (Fsp3) is 0.429. The average Bonchev–Trinajstić information content (AvgIpc) is 2.93. The number of nitrogens with zero attached hydrogens (tertiary/aromatic N) is 2. The highest BCUT2D eigenvalue weighted by atomic mass is 32.1. The van der Waals surface area contributed by atoms with Gasteiger partial charge in [-0.2, -0.15) is 4.37 Å². The Morgan fingerprint density at radius 1 is 1.24 bits per heavy atom. The van der Waals surface area contributed by atoms with Crippen LogP contribution in [0.15, 0.2) is 18.2 Å². The highest BCUT2D eigenvalue weighted by molar-refractivity contribution is 7.09. The highest BCUT2D eigenvalue weighted by Gasteiger charge is 2.08. The third-order valence-corrected chi connectivity index (χ3v) is 3.38. The van der Waals surface area contributed by atoms with Gasteiger partial charge in [-0.05, 0) is 19.1 Å². The molecule has 1 aromatic heterocycles. The molecule has 0 amide bonds. The lowest BCUT2D eigenvalue weighted by molar-refractivity contribution is 0.201. The first kappa shape index (κ1) is 15.5. The van der Waals surface area contributed by atoms with Crippen LogP contribution in [-0.4, -0.2) is 36.8 Å². The van der Waals surface area contributed by atoms with E-state index in [0.29, 0.717) is 31.1 Å². The van der Waals surface area contributed by atoms with Crippen LogP contribution in [0.2, 0.25) is 0 Å². The fourth-order valence-electron chi connectivity index (χ4n) is 1.75. The number of hydrogen-bond donors (Lipinski definition) is 1. The van der Waals surface area contributed by atoms with Crippen molar-refractivity contribution in [3.63, 3.8) is 0 Å². The van der Waals surface area contributed by atoms with Crippen LogP contribution in [-0.2, 0) is 11.2 Å². The topological polar surface area (TPSA) is 65.5 Å². The molecule has 1 aromatic carbocycles. The second-order valence-corrected chi connectivity index (χ2v) is 4.93. The molecule has 0 bridgehead atoms. The van der Waals surface area contributed by atoms with Crippen molar-refractivity contribution in [2.45, 2.75) is 13.3 Å². The first-order valence-corrected chi connectivity index (χ1v) is 7.43. The molecule has 6 nitrogen and oxygen atoms in total. The van der Waals surface area contributed by atoms with Crippen LogP contribution in [0, 0.1) is 0 Å². The maximum Gasteiger partial charge on any atom is 0.207 e. The second-order valence-electron chi connectivity index (χ2n) is 4.18. The summed E-state index contributed by atoms with van der Waals surface area (Å²) in [6.07, 6.45) is 0.710. The first-order chi connectivity index (χ1) is 10.3. The van der Waals surface area contributed by atoms with Crippen molar-refractivity contribution in [2.75, 3.05) is 32.8 Å². The van der Waals surface area contributed by atoms with Gasteiger partial charge in [0.25, 0.3) is 0 Å². The van der Waals surface area contributed by atoms with Gasteiger partial charge in [0.15, 0.2) is 11.5 Å². The number of methoxy groups -OCH3 is 2. The van der Waals surface area contributed by atoms with Crippen LogP contribution in [0.3, 0.4) is 0 Å². The van der Waals surface area contributed by atoms with Gasteiger partial charge in [-0.25, -0.2) is 4.98 Å². The molecular formula is C14H19N3O3S. The van der Waals surface area contributed by atoms with Crippen molar-refractivity contribution in [1.82, 2.24) is 9.36 Å². The van der Waals surface area contributed by atoms with Crippen molar-refractivity contribution in [3.05, 3.63) is 24.0 Å². The van der Waals surface area contributed by atoms with Gasteiger partial charge in [0.2, 0.25) is 5.13 Å². The molecule has 0 aliphatic carbocycles. The van der Waals surface area contributed by atoms with Crippen LogP contribution in [0.5, 0.6) is 11.5 Å². The Kier molecular flexibility index (Phi) is 5.77. The molecule has 2 rings (SSSR count). The molecule has 21 heavy (non-hydrogen) atoms. The zero-order valence-corrected chi connectivity index (χ0v) is 13.2. The van der Waals surface area contributed by atoms with E-state index in [1.807, 2.05) is 25.1 Å². The summed E-state index contributed by atoms with van der Waals surface area (Å²) in [5.41, 5.74) is 0.883. The molecule has 0 aliphatic heterocycles. The predicted octanol–water partition coefficient (Wildman–Crippen LogP) is 2.88. The van der Waals surface area contributed by atoms with E-state index in [1.165, 1.54) is 11.5 Å². The van der Waals surface area contributed by atoms with Crippen LogP contribution in [0.4, 0.5) is 10.8 Å². The summed E-state index contributed by atoms with van der Waals surface area (Å²) in [4.78, 5) is 4.41. The summed E-state index contributed by atoms with van der Waals surface area (Å²) < 4.78 is 20.1. The van der Waals surface area contributed by atoms with Gasteiger partial charge in [-0.15, -0.1) is 0 Å². The van der Waals surface area contributed by atoms with Gasteiger partial charge in [-0.3, -0.25) is 0 Å². The standard InChI is InChI=1S/C14H19N3O3S/c1-4-20-12-9-10(5-6-11(12)19-3)15-14-16-13(17-21-14)7-8-18-2/h5-6,9H,4,7-8H2,1-3H3,(H,15,16,17). The van der Waals surface area contributed by atoms with Crippen LogP contribution in [0.25, 0.3) is 0 Å². The molecule has 0 fully saturated rings. The maximum atomic E-state index is 5.55. The molecule has 0 radical (unpaired) electrons. The van der Waals surface area contributed by atoms with Crippen molar-refractivity contribution in [1.29, 1.82) is 0 Å².